The Kier molecular flexibility index (Phi) is 5.56. The molecule has 7 heteroatoms. The molecule has 1 unspecified atom stereocenters. The smallest absolute Gasteiger partial charge is 0.229 e. The van der Waals surface area contributed by atoms with Crippen LogP contribution >= 0.6 is 0 Å². The van der Waals surface area contributed by atoms with Crippen LogP contribution in [0, 0.1) is 5.82 Å². The topological polar surface area (TPSA) is 75.3 Å². The van der Waals surface area contributed by atoms with Gasteiger partial charge in [0.15, 0.2) is 0 Å². The summed E-state index contributed by atoms with van der Waals surface area (Å²) in [6.45, 7) is 1.79. The van der Waals surface area contributed by atoms with Gasteiger partial charge in [0.25, 0.3) is 0 Å². The summed E-state index contributed by atoms with van der Waals surface area (Å²) in [6, 6.07) is 12.4. The van der Waals surface area contributed by atoms with Gasteiger partial charge in [-0.2, -0.15) is 0 Å². The number of carbonyl (C=O) groups is 1. The van der Waals surface area contributed by atoms with Gasteiger partial charge in [0.1, 0.15) is 5.82 Å². The monoisotopic (exact) mass is 350 g/mol. The summed E-state index contributed by atoms with van der Waals surface area (Å²) in [6.07, 6.45) is 1.15. The molecule has 0 spiro atoms. The molecule has 24 heavy (non-hydrogen) atoms. The molecule has 0 fully saturated rings. The summed E-state index contributed by atoms with van der Waals surface area (Å²) >= 11 is 0. The van der Waals surface area contributed by atoms with Crippen molar-refractivity contribution in [2.45, 2.75) is 19.4 Å². The lowest BCUT2D eigenvalue weighted by molar-refractivity contribution is -0.121. The van der Waals surface area contributed by atoms with Crippen LogP contribution < -0.4 is 10.0 Å². The largest absolute Gasteiger partial charge is 0.349 e. The van der Waals surface area contributed by atoms with Crippen LogP contribution in [-0.4, -0.2) is 20.6 Å². The van der Waals surface area contributed by atoms with Gasteiger partial charge in [-0.15, -0.1) is 0 Å². The van der Waals surface area contributed by atoms with Crippen LogP contribution in [0.4, 0.5) is 10.1 Å². The molecule has 128 valence electrons. The van der Waals surface area contributed by atoms with Crippen LogP contribution in [0.15, 0.2) is 48.5 Å². The van der Waals surface area contributed by atoms with Crippen molar-refractivity contribution in [1.82, 2.24) is 5.32 Å². The summed E-state index contributed by atoms with van der Waals surface area (Å²) in [7, 11) is -3.36. The van der Waals surface area contributed by atoms with E-state index in [0.29, 0.717) is 11.3 Å². The lowest BCUT2D eigenvalue weighted by atomic mass is 10.1. The number of hydrogen-bond donors (Lipinski definition) is 2. The Hall–Kier alpha value is -2.41. The predicted molar refractivity (Wildman–Crippen MR) is 91.6 cm³/mol. The zero-order chi connectivity index (χ0) is 17.7. The number of hydrogen-bond acceptors (Lipinski definition) is 3. The highest BCUT2D eigenvalue weighted by Gasteiger charge is 2.12. The van der Waals surface area contributed by atoms with Crippen molar-refractivity contribution in [3.05, 3.63) is 65.5 Å². The van der Waals surface area contributed by atoms with E-state index >= 15 is 0 Å². The molecule has 1 amide bonds. The lowest BCUT2D eigenvalue weighted by Crippen LogP contribution is -2.28. The van der Waals surface area contributed by atoms with Crippen molar-refractivity contribution in [1.29, 1.82) is 0 Å². The van der Waals surface area contributed by atoms with Crippen LogP contribution in [-0.2, 0) is 21.2 Å². The minimum absolute atomic E-state index is 0.0728. The quantitative estimate of drug-likeness (QED) is 0.841. The first-order valence-electron chi connectivity index (χ1n) is 7.34. The highest BCUT2D eigenvalue weighted by molar-refractivity contribution is 7.92. The molecule has 2 rings (SSSR count). The second kappa shape index (κ2) is 7.44. The Bertz CT molecular complexity index is 837. The van der Waals surface area contributed by atoms with Gasteiger partial charge in [-0.1, -0.05) is 24.3 Å². The highest BCUT2D eigenvalue weighted by Crippen LogP contribution is 2.18. The Morgan fingerprint density at radius 3 is 2.54 bits per heavy atom. The van der Waals surface area contributed by atoms with E-state index in [-0.39, 0.29) is 24.2 Å². The Balaban J connectivity index is 2.02. The molecule has 0 aliphatic heterocycles. The fraction of sp³-hybridized carbons (Fsp3) is 0.235. The molecule has 0 aliphatic carbocycles. The Morgan fingerprint density at radius 1 is 1.17 bits per heavy atom. The molecule has 0 saturated carbocycles. The minimum Gasteiger partial charge on any atom is -0.349 e. The maximum Gasteiger partial charge on any atom is 0.229 e. The van der Waals surface area contributed by atoms with Gasteiger partial charge in [0, 0.05) is 5.69 Å². The molecule has 0 heterocycles. The van der Waals surface area contributed by atoms with Gasteiger partial charge >= 0.3 is 0 Å². The van der Waals surface area contributed by atoms with E-state index in [9.17, 15) is 17.6 Å². The number of rotatable bonds is 6. The molecule has 1 atom stereocenters. The zero-order valence-corrected chi connectivity index (χ0v) is 14.2. The lowest BCUT2D eigenvalue weighted by Gasteiger charge is -2.16. The number of benzene rings is 2. The van der Waals surface area contributed by atoms with E-state index in [1.54, 1.807) is 43.3 Å². The van der Waals surface area contributed by atoms with Crippen molar-refractivity contribution in [2.24, 2.45) is 0 Å². The maximum absolute atomic E-state index is 13.1. The van der Waals surface area contributed by atoms with E-state index in [4.69, 9.17) is 0 Å². The fourth-order valence-electron chi connectivity index (χ4n) is 2.29. The molecule has 0 bridgehead atoms. The normalized spacial score (nSPS) is 12.5. The number of halogens is 1. The number of amides is 1. The maximum atomic E-state index is 13.1. The SMILES string of the molecule is CC(NC(=O)Cc1cccc(F)c1)c1cccc(NS(C)(=O)=O)c1. The molecule has 2 N–H and O–H groups in total. The van der Waals surface area contributed by atoms with Crippen LogP contribution in [0.2, 0.25) is 0 Å². The molecule has 0 saturated heterocycles. The van der Waals surface area contributed by atoms with Crippen LogP contribution in [0.5, 0.6) is 0 Å². The summed E-state index contributed by atoms with van der Waals surface area (Å²) in [4.78, 5) is 12.1. The summed E-state index contributed by atoms with van der Waals surface area (Å²) in [5.74, 6) is -0.623. The van der Waals surface area contributed by atoms with Crippen molar-refractivity contribution < 1.29 is 17.6 Å². The number of sulfonamides is 1. The first-order chi connectivity index (χ1) is 11.2. The molecule has 2 aromatic rings. The van der Waals surface area contributed by atoms with E-state index in [1.165, 1.54) is 12.1 Å². The van der Waals surface area contributed by atoms with Crippen molar-refractivity contribution in [3.8, 4) is 0 Å². The first-order valence-corrected chi connectivity index (χ1v) is 9.23. The third-order valence-corrected chi connectivity index (χ3v) is 3.93. The van der Waals surface area contributed by atoms with Gasteiger partial charge < -0.3 is 5.32 Å². The fourth-order valence-corrected chi connectivity index (χ4v) is 2.85. The molecular weight excluding hydrogens is 331 g/mol. The molecule has 0 aliphatic rings. The zero-order valence-electron chi connectivity index (χ0n) is 13.4. The van der Waals surface area contributed by atoms with Crippen molar-refractivity contribution in [2.75, 3.05) is 11.0 Å². The second-order valence-corrected chi connectivity index (χ2v) is 7.34. The van der Waals surface area contributed by atoms with Crippen LogP contribution in [0.3, 0.4) is 0 Å². The predicted octanol–water partition coefficient (Wildman–Crippen LogP) is 2.62. The van der Waals surface area contributed by atoms with Gasteiger partial charge in [0.2, 0.25) is 15.9 Å². The third-order valence-electron chi connectivity index (χ3n) is 3.32. The second-order valence-electron chi connectivity index (χ2n) is 5.60. The van der Waals surface area contributed by atoms with E-state index in [2.05, 4.69) is 10.0 Å². The van der Waals surface area contributed by atoms with Gasteiger partial charge in [-0.3, -0.25) is 9.52 Å². The molecule has 5 nitrogen and oxygen atoms in total. The molecule has 2 aromatic carbocycles. The number of nitrogens with one attached hydrogen (secondary N) is 2. The minimum atomic E-state index is -3.36. The number of carbonyl (C=O) groups excluding carboxylic acids is 1. The highest BCUT2D eigenvalue weighted by atomic mass is 32.2. The summed E-state index contributed by atoms with van der Waals surface area (Å²) < 4.78 is 38.1. The Morgan fingerprint density at radius 2 is 1.88 bits per heavy atom. The molecule has 0 radical (unpaired) electrons. The summed E-state index contributed by atoms with van der Waals surface area (Å²) in [5, 5.41) is 2.82. The van der Waals surface area contributed by atoms with Crippen molar-refractivity contribution in [3.63, 3.8) is 0 Å². The molecule has 0 aromatic heterocycles. The average Bonchev–Trinajstić information content (AvgIpc) is 2.45. The summed E-state index contributed by atoms with van der Waals surface area (Å²) in [5.41, 5.74) is 1.78. The van der Waals surface area contributed by atoms with E-state index < -0.39 is 10.0 Å². The van der Waals surface area contributed by atoms with Crippen LogP contribution in [0.1, 0.15) is 24.1 Å². The van der Waals surface area contributed by atoms with Crippen molar-refractivity contribution >= 4 is 21.6 Å². The third kappa shape index (κ3) is 5.66. The van der Waals surface area contributed by atoms with Gasteiger partial charge in [-0.05, 0) is 42.3 Å². The van der Waals surface area contributed by atoms with E-state index in [0.717, 1.165) is 11.8 Å². The number of anilines is 1. The first kappa shape index (κ1) is 17.9. The standard InChI is InChI=1S/C17H19FN2O3S/c1-12(14-6-4-8-16(11-14)20-24(2,22)23)19-17(21)10-13-5-3-7-15(18)9-13/h3-9,11-12,20H,10H2,1-2H3,(H,19,21). The van der Waals surface area contributed by atoms with E-state index in [1.807, 2.05) is 0 Å². The average molecular weight is 350 g/mol. The van der Waals surface area contributed by atoms with Gasteiger partial charge in [-0.25, -0.2) is 12.8 Å². The van der Waals surface area contributed by atoms with Gasteiger partial charge in [0.05, 0.1) is 18.7 Å². The van der Waals surface area contributed by atoms with Crippen LogP contribution in [0.25, 0.3) is 0 Å². The Labute approximate surface area is 141 Å². The molecular formula is C17H19FN2O3S.